The summed E-state index contributed by atoms with van der Waals surface area (Å²) in [5.74, 6) is -1.32. The Kier molecular flexibility index (Phi) is 25.3. The van der Waals surface area contributed by atoms with Crippen molar-refractivity contribution in [3.05, 3.63) is 0 Å². The average molecular weight is 512 g/mol. The molecular formula is C30H57NO5. The van der Waals surface area contributed by atoms with Gasteiger partial charge in [0.15, 0.2) is 0 Å². The second-order valence-electron chi connectivity index (χ2n) is 10.4. The first-order valence-corrected chi connectivity index (χ1v) is 15.2. The van der Waals surface area contributed by atoms with Gasteiger partial charge in [0.1, 0.15) is 12.6 Å². The lowest BCUT2D eigenvalue weighted by Gasteiger charge is -2.18. The van der Waals surface area contributed by atoms with Crippen molar-refractivity contribution in [1.29, 1.82) is 0 Å². The molecule has 0 aromatic rings. The molecular weight excluding hydrogens is 454 g/mol. The number of rotatable bonds is 27. The van der Waals surface area contributed by atoms with E-state index >= 15 is 0 Å². The standard InChI is InChI=1S/C30H57NO5/c1-3-5-7-8-9-10-11-12-13-14-15-16-17-21-25-30(35)36-27(22-6-4-2)23-19-18-20-24-28(32)31-26-29(33)34/h27H,3-26H2,1-2H3,(H,31,32)(H,33,34). The third-order valence-electron chi connectivity index (χ3n) is 6.78. The van der Waals surface area contributed by atoms with Crippen LogP contribution in [-0.4, -0.2) is 35.6 Å². The summed E-state index contributed by atoms with van der Waals surface area (Å²) < 4.78 is 5.78. The summed E-state index contributed by atoms with van der Waals surface area (Å²) in [7, 11) is 0. The molecule has 6 heteroatoms. The van der Waals surface area contributed by atoms with Gasteiger partial charge in [-0.05, 0) is 32.1 Å². The molecule has 0 aliphatic rings. The molecule has 0 aliphatic heterocycles. The lowest BCUT2D eigenvalue weighted by Crippen LogP contribution is -2.28. The quantitative estimate of drug-likeness (QED) is 0.0858. The highest BCUT2D eigenvalue weighted by atomic mass is 16.5. The molecule has 0 saturated heterocycles. The number of hydrogen-bond acceptors (Lipinski definition) is 4. The molecule has 0 fully saturated rings. The van der Waals surface area contributed by atoms with Crippen LogP contribution in [0.1, 0.15) is 162 Å². The van der Waals surface area contributed by atoms with Crippen molar-refractivity contribution in [2.45, 2.75) is 168 Å². The number of carbonyl (C=O) groups excluding carboxylic acids is 2. The Balaban J connectivity index is 3.73. The van der Waals surface area contributed by atoms with Gasteiger partial charge in [-0.1, -0.05) is 117 Å². The summed E-state index contributed by atoms with van der Waals surface area (Å²) in [5.41, 5.74) is 0. The SMILES string of the molecule is CCCCCCCCCCCCCCCCC(=O)OC(CCCC)CCCCCC(=O)NCC(=O)O. The van der Waals surface area contributed by atoms with E-state index in [1.54, 1.807) is 0 Å². The average Bonchev–Trinajstić information content (AvgIpc) is 2.85. The Bertz CT molecular complexity index is 537. The third kappa shape index (κ3) is 25.5. The van der Waals surface area contributed by atoms with Crippen molar-refractivity contribution in [3.63, 3.8) is 0 Å². The minimum Gasteiger partial charge on any atom is -0.480 e. The van der Waals surface area contributed by atoms with Gasteiger partial charge in [-0.15, -0.1) is 0 Å². The zero-order chi connectivity index (χ0) is 26.7. The highest BCUT2D eigenvalue weighted by Crippen LogP contribution is 2.17. The number of ether oxygens (including phenoxy) is 1. The highest BCUT2D eigenvalue weighted by Gasteiger charge is 2.14. The number of carboxylic acid groups (broad SMARTS) is 1. The fourth-order valence-corrected chi connectivity index (χ4v) is 4.50. The molecule has 0 bridgehead atoms. The Labute approximate surface area is 221 Å². The lowest BCUT2D eigenvalue weighted by molar-refractivity contribution is -0.150. The van der Waals surface area contributed by atoms with Gasteiger partial charge in [0.05, 0.1) is 0 Å². The van der Waals surface area contributed by atoms with Gasteiger partial charge in [-0.2, -0.15) is 0 Å². The molecule has 0 aromatic carbocycles. The molecule has 36 heavy (non-hydrogen) atoms. The maximum absolute atomic E-state index is 12.3. The molecule has 0 rings (SSSR count). The van der Waals surface area contributed by atoms with E-state index in [1.807, 2.05) is 0 Å². The van der Waals surface area contributed by atoms with Crippen molar-refractivity contribution in [2.75, 3.05) is 6.54 Å². The molecule has 1 unspecified atom stereocenters. The highest BCUT2D eigenvalue weighted by molar-refractivity contribution is 5.80. The Morgan fingerprint density at radius 3 is 1.58 bits per heavy atom. The van der Waals surface area contributed by atoms with E-state index in [1.165, 1.54) is 77.0 Å². The summed E-state index contributed by atoms with van der Waals surface area (Å²) in [4.78, 5) is 34.3. The van der Waals surface area contributed by atoms with Crippen LogP contribution in [-0.2, 0) is 19.1 Å². The molecule has 0 heterocycles. The summed E-state index contributed by atoms with van der Waals surface area (Å²) in [6.07, 6.45) is 25.5. The first-order valence-electron chi connectivity index (χ1n) is 15.2. The number of esters is 1. The second-order valence-corrected chi connectivity index (χ2v) is 10.4. The van der Waals surface area contributed by atoms with Crippen LogP contribution in [0.2, 0.25) is 0 Å². The minimum atomic E-state index is -1.03. The van der Waals surface area contributed by atoms with Crippen molar-refractivity contribution >= 4 is 17.8 Å². The van der Waals surface area contributed by atoms with Gasteiger partial charge in [0, 0.05) is 12.8 Å². The zero-order valence-electron chi connectivity index (χ0n) is 23.6. The number of hydrogen-bond donors (Lipinski definition) is 2. The lowest BCUT2D eigenvalue weighted by atomic mass is 10.0. The predicted octanol–water partition coefficient (Wildman–Crippen LogP) is 8.11. The van der Waals surface area contributed by atoms with Crippen LogP contribution >= 0.6 is 0 Å². The molecule has 0 spiro atoms. The van der Waals surface area contributed by atoms with Crippen molar-refractivity contribution in [2.24, 2.45) is 0 Å². The largest absolute Gasteiger partial charge is 0.480 e. The van der Waals surface area contributed by atoms with E-state index < -0.39 is 5.97 Å². The van der Waals surface area contributed by atoms with Crippen LogP contribution in [0.5, 0.6) is 0 Å². The van der Waals surface area contributed by atoms with Gasteiger partial charge in [-0.3, -0.25) is 14.4 Å². The maximum atomic E-state index is 12.3. The molecule has 212 valence electrons. The van der Waals surface area contributed by atoms with E-state index in [-0.39, 0.29) is 24.5 Å². The van der Waals surface area contributed by atoms with E-state index in [9.17, 15) is 14.4 Å². The summed E-state index contributed by atoms with van der Waals surface area (Å²) >= 11 is 0. The number of unbranched alkanes of at least 4 members (excludes halogenated alkanes) is 16. The van der Waals surface area contributed by atoms with Crippen LogP contribution in [0.4, 0.5) is 0 Å². The van der Waals surface area contributed by atoms with Crippen LogP contribution in [0.15, 0.2) is 0 Å². The zero-order valence-corrected chi connectivity index (χ0v) is 23.6. The van der Waals surface area contributed by atoms with Crippen LogP contribution in [0, 0.1) is 0 Å². The molecule has 0 aromatic heterocycles. The fourth-order valence-electron chi connectivity index (χ4n) is 4.50. The van der Waals surface area contributed by atoms with E-state index in [0.29, 0.717) is 12.8 Å². The molecule has 0 radical (unpaired) electrons. The Morgan fingerprint density at radius 2 is 1.06 bits per heavy atom. The topological polar surface area (TPSA) is 92.7 Å². The number of nitrogens with one attached hydrogen (secondary N) is 1. The third-order valence-corrected chi connectivity index (χ3v) is 6.78. The fraction of sp³-hybridized carbons (Fsp3) is 0.900. The number of amides is 1. The first kappa shape index (κ1) is 34.4. The molecule has 0 aliphatic carbocycles. The van der Waals surface area contributed by atoms with E-state index in [2.05, 4.69) is 19.2 Å². The summed E-state index contributed by atoms with van der Waals surface area (Å²) in [5, 5.41) is 11.0. The van der Waals surface area contributed by atoms with E-state index in [4.69, 9.17) is 9.84 Å². The Hall–Kier alpha value is -1.59. The second kappa shape index (κ2) is 26.5. The van der Waals surface area contributed by atoms with E-state index in [0.717, 1.165) is 57.8 Å². The number of carboxylic acids is 1. The minimum absolute atomic E-state index is 0.0232. The van der Waals surface area contributed by atoms with Gasteiger partial charge >= 0.3 is 11.9 Å². The van der Waals surface area contributed by atoms with Crippen LogP contribution < -0.4 is 5.32 Å². The maximum Gasteiger partial charge on any atom is 0.322 e. The van der Waals surface area contributed by atoms with Gasteiger partial charge in [-0.25, -0.2) is 0 Å². The number of aliphatic carboxylic acids is 1. The molecule has 1 atom stereocenters. The van der Waals surface area contributed by atoms with Crippen molar-refractivity contribution < 1.29 is 24.2 Å². The van der Waals surface area contributed by atoms with Crippen LogP contribution in [0.3, 0.4) is 0 Å². The van der Waals surface area contributed by atoms with Gasteiger partial charge in [0.2, 0.25) is 5.91 Å². The molecule has 2 N–H and O–H groups in total. The smallest absolute Gasteiger partial charge is 0.322 e. The van der Waals surface area contributed by atoms with Crippen LogP contribution in [0.25, 0.3) is 0 Å². The molecule has 6 nitrogen and oxygen atoms in total. The molecule has 0 saturated carbocycles. The normalized spacial score (nSPS) is 11.8. The Morgan fingerprint density at radius 1 is 0.611 bits per heavy atom. The summed E-state index contributed by atoms with van der Waals surface area (Å²) in [6, 6.07) is 0. The number of carbonyl (C=O) groups is 3. The summed E-state index contributed by atoms with van der Waals surface area (Å²) in [6.45, 7) is 4.08. The monoisotopic (exact) mass is 511 g/mol. The first-order chi connectivity index (χ1) is 17.5. The van der Waals surface area contributed by atoms with Gasteiger partial charge < -0.3 is 15.2 Å². The van der Waals surface area contributed by atoms with Crippen molar-refractivity contribution in [3.8, 4) is 0 Å². The predicted molar refractivity (Wildman–Crippen MR) is 148 cm³/mol. The van der Waals surface area contributed by atoms with Crippen molar-refractivity contribution in [1.82, 2.24) is 5.32 Å². The van der Waals surface area contributed by atoms with Gasteiger partial charge in [0.25, 0.3) is 0 Å². The molecule has 1 amide bonds.